The van der Waals surface area contributed by atoms with Crippen LogP contribution in [0.2, 0.25) is 5.02 Å². The van der Waals surface area contributed by atoms with Gasteiger partial charge in [-0.3, -0.25) is 4.79 Å². The Labute approximate surface area is 166 Å². The number of carbonyl (C=O) groups is 2. The summed E-state index contributed by atoms with van der Waals surface area (Å²) >= 11 is 6.05. The van der Waals surface area contributed by atoms with E-state index in [2.05, 4.69) is 15.3 Å². The summed E-state index contributed by atoms with van der Waals surface area (Å²) in [5.41, 5.74) is 2.41. The fourth-order valence-corrected chi connectivity index (χ4v) is 2.67. The van der Waals surface area contributed by atoms with Crippen molar-refractivity contribution in [2.45, 2.75) is 6.92 Å². The van der Waals surface area contributed by atoms with Crippen molar-refractivity contribution < 1.29 is 19.1 Å². The van der Waals surface area contributed by atoms with Gasteiger partial charge in [0.05, 0.1) is 18.4 Å². The largest absolute Gasteiger partial charge is 0.495 e. The van der Waals surface area contributed by atoms with Gasteiger partial charge in [-0.25, -0.2) is 9.78 Å². The summed E-state index contributed by atoms with van der Waals surface area (Å²) in [5, 5.41) is 3.18. The van der Waals surface area contributed by atoms with Gasteiger partial charge in [-0.2, -0.15) is 0 Å². The topological polar surface area (TPSA) is 93.3 Å². The maximum absolute atomic E-state index is 12.2. The minimum atomic E-state index is -0.597. The van der Waals surface area contributed by atoms with Crippen LogP contribution in [0.1, 0.15) is 15.9 Å². The molecule has 1 amide bonds. The van der Waals surface area contributed by atoms with E-state index in [1.54, 1.807) is 48.8 Å². The molecule has 1 aromatic heterocycles. The minimum Gasteiger partial charge on any atom is -0.495 e. The average Bonchev–Trinajstić information content (AvgIpc) is 3.23. The number of aryl methyl sites for hydroxylation is 1. The molecule has 0 bridgehead atoms. The Kier molecular flexibility index (Phi) is 5.96. The SMILES string of the molecule is COc1cc(Cl)c(C)cc1NC(=O)COC(=O)c1ccc(-c2ncc[nH]2)cc1. The van der Waals surface area contributed by atoms with Crippen molar-refractivity contribution in [1.82, 2.24) is 9.97 Å². The van der Waals surface area contributed by atoms with Gasteiger partial charge >= 0.3 is 5.97 Å². The number of nitrogens with zero attached hydrogens (tertiary/aromatic N) is 1. The fraction of sp³-hybridized carbons (Fsp3) is 0.150. The highest BCUT2D eigenvalue weighted by molar-refractivity contribution is 6.31. The third-order valence-corrected chi connectivity index (χ3v) is 4.39. The molecule has 144 valence electrons. The number of nitrogens with one attached hydrogen (secondary N) is 2. The van der Waals surface area contributed by atoms with Gasteiger partial charge in [0.25, 0.3) is 5.91 Å². The highest BCUT2D eigenvalue weighted by Gasteiger charge is 2.14. The maximum Gasteiger partial charge on any atom is 0.338 e. The van der Waals surface area contributed by atoms with E-state index < -0.39 is 18.5 Å². The lowest BCUT2D eigenvalue weighted by atomic mass is 10.1. The normalized spacial score (nSPS) is 10.4. The number of aromatic amines is 1. The number of aromatic nitrogens is 2. The molecule has 0 radical (unpaired) electrons. The number of carbonyl (C=O) groups excluding carboxylic acids is 2. The number of hydrogen-bond donors (Lipinski definition) is 2. The van der Waals surface area contributed by atoms with E-state index in [0.29, 0.717) is 27.8 Å². The zero-order chi connectivity index (χ0) is 20.1. The van der Waals surface area contributed by atoms with E-state index in [4.69, 9.17) is 21.1 Å². The quantitative estimate of drug-likeness (QED) is 0.614. The van der Waals surface area contributed by atoms with Crippen LogP contribution in [0.4, 0.5) is 5.69 Å². The van der Waals surface area contributed by atoms with Crippen LogP contribution in [-0.4, -0.2) is 35.6 Å². The lowest BCUT2D eigenvalue weighted by Gasteiger charge is -2.12. The third kappa shape index (κ3) is 4.50. The van der Waals surface area contributed by atoms with Crippen LogP contribution < -0.4 is 10.1 Å². The Morgan fingerprint density at radius 2 is 1.96 bits per heavy atom. The maximum atomic E-state index is 12.2. The van der Waals surface area contributed by atoms with E-state index >= 15 is 0 Å². The average molecular weight is 400 g/mol. The lowest BCUT2D eigenvalue weighted by Crippen LogP contribution is -2.21. The molecule has 0 aliphatic heterocycles. The highest BCUT2D eigenvalue weighted by atomic mass is 35.5. The summed E-state index contributed by atoms with van der Waals surface area (Å²) in [6.07, 6.45) is 3.36. The molecular formula is C20H18ClN3O4. The first-order valence-corrected chi connectivity index (χ1v) is 8.76. The molecule has 0 fully saturated rings. The van der Waals surface area contributed by atoms with E-state index in [1.165, 1.54) is 7.11 Å². The zero-order valence-electron chi connectivity index (χ0n) is 15.3. The molecule has 0 saturated heterocycles. The summed E-state index contributed by atoms with van der Waals surface area (Å²) in [4.78, 5) is 31.4. The molecule has 3 aromatic rings. The van der Waals surface area contributed by atoms with Crippen LogP contribution in [0.3, 0.4) is 0 Å². The number of rotatable bonds is 6. The van der Waals surface area contributed by atoms with Gasteiger partial charge in [0.1, 0.15) is 11.6 Å². The summed E-state index contributed by atoms with van der Waals surface area (Å²) in [7, 11) is 1.48. The minimum absolute atomic E-state index is 0.336. The standard InChI is InChI=1S/C20H18ClN3O4/c1-12-9-16(17(27-2)10-15(12)21)24-18(25)11-28-20(26)14-5-3-13(4-6-14)19-22-7-8-23-19/h3-10H,11H2,1-2H3,(H,22,23)(H,24,25). The van der Waals surface area contributed by atoms with Crippen molar-refractivity contribution in [2.24, 2.45) is 0 Å². The molecule has 3 rings (SSSR count). The van der Waals surface area contributed by atoms with E-state index in [-0.39, 0.29) is 0 Å². The van der Waals surface area contributed by atoms with Gasteiger partial charge in [-0.05, 0) is 30.7 Å². The van der Waals surface area contributed by atoms with Gasteiger partial charge in [-0.1, -0.05) is 23.7 Å². The number of hydrogen-bond acceptors (Lipinski definition) is 5. The molecular weight excluding hydrogens is 382 g/mol. The van der Waals surface area contributed by atoms with Crippen LogP contribution in [0, 0.1) is 6.92 Å². The lowest BCUT2D eigenvalue weighted by molar-refractivity contribution is -0.119. The molecule has 1 heterocycles. The van der Waals surface area contributed by atoms with Crippen LogP contribution in [-0.2, 0) is 9.53 Å². The van der Waals surface area contributed by atoms with Gasteiger partial charge in [-0.15, -0.1) is 0 Å². The predicted molar refractivity (Wildman–Crippen MR) is 106 cm³/mol. The number of esters is 1. The number of ether oxygens (including phenoxy) is 2. The Balaban J connectivity index is 1.59. The summed E-state index contributed by atoms with van der Waals surface area (Å²) in [5.74, 6) is 0.0382. The van der Waals surface area contributed by atoms with Crippen molar-refractivity contribution in [1.29, 1.82) is 0 Å². The van der Waals surface area contributed by atoms with Gasteiger partial charge in [0, 0.05) is 29.0 Å². The third-order valence-electron chi connectivity index (χ3n) is 3.98. The van der Waals surface area contributed by atoms with Gasteiger partial charge < -0.3 is 19.8 Å². The molecule has 2 aromatic carbocycles. The van der Waals surface area contributed by atoms with Crippen molar-refractivity contribution in [3.63, 3.8) is 0 Å². The van der Waals surface area contributed by atoms with Gasteiger partial charge in [0.2, 0.25) is 0 Å². The van der Waals surface area contributed by atoms with Crippen molar-refractivity contribution >= 4 is 29.2 Å². The summed E-state index contributed by atoms with van der Waals surface area (Å²) < 4.78 is 10.3. The van der Waals surface area contributed by atoms with Crippen molar-refractivity contribution in [3.8, 4) is 17.1 Å². The smallest absolute Gasteiger partial charge is 0.338 e. The molecule has 2 N–H and O–H groups in total. The Morgan fingerprint density at radius 1 is 1.21 bits per heavy atom. The van der Waals surface area contributed by atoms with Crippen molar-refractivity contribution in [3.05, 3.63) is 64.9 Å². The van der Waals surface area contributed by atoms with Gasteiger partial charge in [0.15, 0.2) is 6.61 Å². The van der Waals surface area contributed by atoms with E-state index in [9.17, 15) is 9.59 Å². The van der Waals surface area contributed by atoms with Crippen LogP contribution in [0.25, 0.3) is 11.4 Å². The fourth-order valence-electron chi connectivity index (χ4n) is 2.52. The van der Waals surface area contributed by atoms with E-state index in [1.807, 2.05) is 6.92 Å². The first-order chi connectivity index (χ1) is 13.5. The molecule has 0 spiro atoms. The first kappa shape index (κ1) is 19.4. The molecule has 0 unspecified atom stereocenters. The first-order valence-electron chi connectivity index (χ1n) is 8.39. The Bertz CT molecular complexity index is 985. The number of methoxy groups -OCH3 is 1. The summed E-state index contributed by atoms with van der Waals surface area (Å²) in [6, 6.07) is 10.0. The van der Waals surface area contributed by atoms with E-state index in [0.717, 1.165) is 11.1 Å². The number of anilines is 1. The molecule has 0 saturated carbocycles. The number of halogens is 1. The van der Waals surface area contributed by atoms with Crippen molar-refractivity contribution in [2.75, 3.05) is 19.0 Å². The molecule has 28 heavy (non-hydrogen) atoms. The predicted octanol–water partition coefficient (Wildman–Crippen LogP) is 3.84. The number of H-pyrrole nitrogens is 1. The highest BCUT2D eigenvalue weighted by Crippen LogP contribution is 2.30. The Hall–Kier alpha value is -3.32. The molecule has 0 aliphatic rings. The molecule has 7 nitrogen and oxygen atoms in total. The molecule has 0 aliphatic carbocycles. The molecule has 0 atom stereocenters. The number of amides is 1. The second-order valence-electron chi connectivity index (χ2n) is 5.94. The Morgan fingerprint density at radius 3 is 2.61 bits per heavy atom. The summed E-state index contributed by atoms with van der Waals surface area (Å²) in [6.45, 7) is 1.38. The van der Waals surface area contributed by atoms with Crippen LogP contribution >= 0.6 is 11.6 Å². The second-order valence-corrected chi connectivity index (χ2v) is 6.35. The molecule has 8 heteroatoms. The monoisotopic (exact) mass is 399 g/mol. The van der Waals surface area contributed by atoms with Crippen LogP contribution in [0.5, 0.6) is 5.75 Å². The number of imidazole rings is 1. The zero-order valence-corrected chi connectivity index (χ0v) is 16.0. The second kappa shape index (κ2) is 8.58. The van der Waals surface area contributed by atoms with Crippen LogP contribution in [0.15, 0.2) is 48.8 Å². The number of benzene rings is 2.